The van der Waals surface area contributed by atoms with Gasteiger partial charge in [-0.05, 0) is 23.3 Å². The number of nitrogen functional groups attached to an aromatic ring is 1. The van der Waals surface area contributed by atoms with E-state index in [2.05, 4.69) is 12.6 Å². The Bertz CT molecular complexity index is 557. The van der Waals surface area contributed by atoms with Crippen molar-refractivity contribution >= 4 is 24.3 Å². The summed E-state index contributed by atoms with van der Waals surface area (Å²) >= 11 is 4.28. The summed E-state index contributed by atoms with van der Waals surface area (Å²) < 4.78 is 5.23. The minimum absolute atomic E-state index is 0.249. The molecule has 0 aliphatic rings. The Kier molecular flexibility index (Phi) is 4.47. The molecule has 0 saturated carbocycles. The van der Waals surface area contributed by atoms with Crippen molar-refractivity contribution in [3.63, 3.8) is 0 Å². The van der Waals surface area contributed by atoms with Gasteiger partial charge in [0.1, 0.15) is 11.9 Å². The van der Waals surface area contributed by atoms with E-state index >= 15 is 0 Å². The summed E-state index contributed by atoms with van der Waals surface area (Å²) in [7, 11) is 0. The molecule has 4 heteroatoms. The molecule has 0 aliphatic heterocycles. The molecule has 3 nitrogen and oxygen atoms in total. The molecule has 0 amide bonds. The van der Waals surface area contributed by atoms with Crippen LogP contribution in [0.1, 0.15) is 16.4 Å². The Balaban J connectivity index is 1.96. The Morgan fingerprint density at radius 3 is 2.58 bits per heavy atom. The van der Waals surface area contributed by atoms with E-state index in [9.17, 15) is 4.79 Å². The fourth-order valence-electron chi connectivity index (χ4n) is 1.67. The second-order valence-corrected chi connectivity index (χ2v) is 4.68. The van der Waals surface area contributed by atoms with Crippen LogP contribution in [0, 0.1) is 0 Å². The molecular formula is C15H15NO2S. The third-order valence-corrected chi connectivity index (χ3v) is 3.18. The number of nitrogens with two attached hydrogens (primary N) is 1. The third-order valence-electron chi connectivity index (χ3n) is 2.67. The van der Waals surface area contributed by atoms with Crippen LogP contribution >= 0.6 is 12.6 Å². The number of ether oxygens (including phenoxy) is 1. The van der Waals surface area contributed by atoms with Gasteiger partial charge in [-0.25, -0.2) is 0 Å². The SMILES string of the molecule is Nc1cccc(C(S)C(=O)OCc2ccccc2)c1. The Morgan fingerprint density at radius 1 is 1.16 bits per heavy atom. The highest BCUT2D eigenvalue weighted by atomic mass is 32.1. The maximum atomic E-state index is 11.9. The van der Waals surface area contributed by atoms with Gasteiger partial charge in [0.2, 0.25) is 0 Å². The van der Waals surface area contributed by atoms with Crippen LogP contribution in [0.15, 0.2) is 54.6 Å². The van der Waals surface area contributed by atoms with Crippen molar-refractivity contribution in [3.05, 3.63) is 65.7 Å². The summed E-state index contributed by atoms with van der Waals surface area (Å²) in [6.45, 7) is 0.249. The average Bonchev–Trinajstić information content (AvgIpc) is 2.45. The quantitative estimate of drug-likeness (QED) is 0.511. The molecule has 0 spiro atoms. The zero-order chi connectivity index (χ0) is 13.7. The first-order valence-electron chi connectivity index (χ1n) is 5.91. The molecule has 0 saturated heterocycles. The van der Waals surface area contributed by atoms with Gasteiger partial charge in [0, 0.05) is 5.69 Å². The van der Waals surface area contributed by atoms with Gasteiger partial charge >= 0.3 is 5.97 Å². The topological polar surface area (TPSA) is 52.3 Å². The van der Waals surface area contributed by atoms with Gasteiger partial charge < -0.3 is 10.5 Å². The van der Waals surface area contributed by atoms with Gasteiger partial charge in [0.15, 0.2) is 0 Å². The van der Waals surface area contributed by atoms with Crippen LogP contribution < -0.4 is 5.73 Å². The number of anilines is 1. The lowest BCUT2D eigenvalue weighted by Gasteiger charge is -2.11. The molecule has 2 aromatic rings. The summed E-state index contributed by atoms with van der Waals surface area (Å²) in [6.07, 6.45) is 0. The first kappa shape index (κ1) is 13.5. The monoisotopic (exact) mass is 273 g/mol. The fourth-order valence-corrected chi connectivity index (χ4v) is 1.91. The molecule has 0 fully saturated rings. The van der Waals surface area contributed by atoms with Crippen LogP contribution in [0.4, 0.5) is 5.69 Å². The molecule has 0 aliphatic carbocycles. The lowest BCUT2D eigenvalue weighted by atomic mass is 10.1. The number of hydrogen-bond acceptors (Lipinski definition) is 4. The van der Waals surface area contributed by atoms with Crippen molar-refractivity contribution in [3.8, 4) is 0 Å². The number of hydrogen-bond donors (Lipinski definition) is 2. The first-order valence-corrected chi connectivity index (χ1v) is 6.42. The Labute approximate surface area is 117 Å². The summed E-state index contributed by atoms with van der Waals surface area (Å²) in [5.74, 6) is -0.377. The van der Waals surface area contributed by atoms with Crippen molar-refractivity contribution in [2.45, 2.75) is 11.9 Å². The van der Waals surface area contributed by atoms with Crippen molar-refractivity contribution in [2.24, 2.45) is 0 Å². The number of benzene rings is 2. The van der Waals surface area contributed by atoms with Gasteiger partial charge in [-0.1, -0.05) is 42.5 Å². The van der Waals surface area contributed by atoms with E-state index in [-0.39, 0.29) is 12.6 Å². The minimum Gasteiger partial charge on any atom is -0.460 e. The number of rotatable bonds is 4. The highest BCUT2D eigenvalue weighted by Gasteiger charge is 2.17. The molecule has 1 atom stereocenters. The van der Waals surface area contributed by atoms with Crippen LogP contribution in [0.25, 0.3) is 0 Å². The molecule has 2 N–H and O–H groups in total. The van der Waals surface area contributed by atoms with Gasteiger partial charge in [-0.3, -0.25) is 4.79 Å². The number of esters is 1. The normalized spacial score (nSPS) is 11.8. The number of carbonyl (C=O) groups is 1. The minimum atomic E-state index is -0.618. The van der Waals surface area contributed by atoms with Gasteiger partial charge in [-0.2, -0.15) is 12.6 Å². The predicted molar refractivity (Wildman–Crippen MR) is 78.8 cm³/mol. The maximum Gasteiger partial charge on any atom is 0.323 e. The van der Waals surface area contributed by atoms with Gasteiger partial charge in [0.05, 0.1) is 0 Å². The second kappa shape index (κ2) is 6.29. The highest BCUT2D eigenvalue weighted by molar-refractivity contribution is 7.81. The van der Waals surface area contributed by atoms with Crippen molar-refractivity contribution in [1.82, 2.24) is 0 Å². The molecule has 2 aromatic carbocycles. The smallest absolute Gasteiger partial charge is 0.323 e. The average molecular weight is 273 g/mol. The van der Waals surface area contributed by atoms with Crippen LogP contribution in [0.5, 0.6) is 0 Å². The van der Waals surface area contributed by atoms with Gasteiger partial charge in [-0.15, -0.1) is 0 Å². The van der Waals surface area contributed by atoms with E-state index in [0.29, 0.717) is 5.69 Å². The molecule has 0 bridgehead atoms. The van der Waals surface area contributed by atoms with Crippen molar-refractivity contribution in [1.29, 1.82) is 0 Å². The van der Waals surface area contributed by atoms with Gasteiger partial charge in [0.25, 0.3) is 0 Å². The molecule has 0 heterocycles. The Hall–Kier alpha value is -1.94. The standard InChI is InChI=1S/C15H15NO2S/c16-13-8-4-7-12(9-13)14(19)15(17)18-10-11-5-2-1-3-6-11/h1-9,14,19H,10,16H2. The third kappa shape index (κ3) is 3.76. The van der Waals surface area contributed by atoms with E-state index in [4.69, 9.17) is 10.5 Å². The van der Waals surface area contributed by atoms with E-state index in [1.807, 2.05) is 30.3 Å². The van der Waals surface area contributed by atoms with Crippen LogP contribution in [-0.2, 0) is 16.1 Å². The molecule has 1 unspecified atom stereocenters. The van der Waals surface area contributed by atoms with E-state index in [1.165, 1.54) is 0 Å². The zero-order valence-corrected chi connectivity index (χ0v) is 11.2. The molecule has 19 heavy (non-hydrogen) atoms. The van der Waals surface area contributed by atoms with Crippen LogP contribution in [-0.4, -0.2) is 5.97 Å². The molecule has 98 valence electrons. The summed E-state index contributed by atoms with van der Waals surface area (Å²) in [6, 6.07) is 16.6. The lowest BCUT2D eigenvalue weighted by molar-refractivity contribution is -0.144. The highest BCUT2D eigenvalue weighted by Crippen LogP contribution is 2.23. The molecule has 2 rings (SSSR count). The van der Waals surface area contributed by atoms with E-state index in [0.717, 1.165) is 11.1 Å². The lowest BCUT2D eigenvalue weighted by Crippen LogP contribution is -2.11. The van der Waals surface area contributed by atoms with Crippen molar-refractivity contribution in [2.75, 3.05) is 5.73 Å². The van der Waals surface area contributed by atoms with Crippen LogP contribution in [0.2, 0.25) is 0 Å². The number of carbonyl (C=O) groups excluding carboxylic acids is 1. The first-order chi connectivity index (χ1) is 9.16. The predicted octanol–water partition coefficient (Wildman–Crippen LogP) is 2.98. The fraction of sp³-hybridized carbons (Fsp3) is 0.133. The van der Waals surface area contributed by atoms with Crippen molar-refractivity contribution < 1.29 is 9.53 Å². The largest absolute Gasteiger partial charge is 0.460 e. The Morgan fingerprint density at radius 2 is 1.89 bits per heavy atom. The molecule has 0 radical (unpaired) electrons. The van der Waals surface area contributed by atoms with E-state index < -0.39 is 5.25 Å². The van der Waals surface area contributed by atoms with E-state index in [1.54, 1.807) is 24.3 Å². The zero-order valence-electron chi connectivity index (χ0n) is 10.3. The summed E-state index contributed by atoms with van der Waals surface area (Å²) in [5, 5.41) is -0.618. The molecule has 0 aromatic heterocycles. The maximum absolute atomic E-state index is 11.9. The number of thiol groups is 1. The van der Waals surface area contributed by atoms with Crippen LogP contribution in [0.3, 0.4) is 0 Å². The summed E-state index contributed by atoms with van der Waals surface area (Å²) in [5.41, 5.74) is 7.97. The molecular weight excluding hydrogens is 258 g/mol. The summed E-state index contributed by atoms with van der Waals surface area (Å²) in [4.78, 5) is 11.9. The second-order valence-electron chi connectivity index (χ2n) is 4.17.